The third kappa shape index (κ3) is 0.976. The van der Waals surface area contributed by atoms with Gasteiger partial charge in [0, 0.05) is 13.1 Å². The minimum absolute atomic E-state index is 0.731. The Bertz CT molecular complexity index is 139. The van der Waals surface area contributed by atoms with Gasteiger partial charge in [-0.25, -0.2) is 0 Å². The Kier molecular flexibility index (Phi) is 1.51. The van der Waals surface area contributed by atoms with Crippen LogP contribution < -0.4 is 0 Å². The minimum atomic E-state index is 0.731. The minimum Gasteiger partial charge on any atom is -0.314 e. The molecule has 0 aromatic rings. The van der Waals surface area contributed by atoms with E-state index in [4.69, 9.17) is 5.21 Å². The van der Waals surface area contributed by atoms with Crippen LogP contribution in [0.1, 0.15) is 12.8 Å². The number of hydroxylamine groups is 2. The smallest absolute Gasteiger partial charge is 0.0272 e. The van der Waals surface area contributed by atoms with Crippen LogP contribution in [-0.4, -0.2) is 23.4 Å². The second-order valence-corrected chi connectivity index (χ2v) is 3.33. The number of rotatable bonds is 0. The van der Waals surface area contributed by atoms with Crippen molar-refractivity contribution in [3.8, 4) is 0 Å². The fourth-order valence-electron chi connectivity index (χ4n) is 1.99. The lowest BCUT2D eigenvalue weighted by molar-refractivity contribution is -0.0733. The molecule has 2 rings (SSSR count). The van der Waals surface area contributed by atoms with Crippen molar-refractivity contribution in [2.45, 2.75) is 12.8 Å². The Balaban J connectivity index is 2.05. The fourth-order valence-corrected chi connectivity index (χ4v) is 1.99. The summed E-state index contributed by atoms with van der Waals surface area (Å²) in [6.07, 6.45) is 6.81. The number of fused-ring (bicyclic) bond motifs is 1. The highest BCUT2D eigenvalue weighted by atomic mass is 16.5. The summed E-state index contributed by atoms with van der Waals surface area (Å²) < 4.78 is 0. The number of hydrogen-bond acceptors (Lipinski definition) is 2. The predicted molar refractivity (Wildman–Crippen MR) is 38.7 cm³/mol. The van der Waals surface area contributed by atoms with Gasteiger partial charge in [0.15, 0.2) is 0 Å². The highest BCUT2D eigenvalue weighted by Crippen LogP contribution is 2.31. The molecule has 2 heteroatoms. The third-order valence-corrected chi connectivity index (χ3v) is 2.60. The lowest BCUT2D eigenvalue weighted by Gasteiger charge is -2.17. The average Bonchev–Trinajstić information content (AvgIpc) is 2.27. The van der Waals surface area contributed by atoms with E-state index in [9.17, 15) is 0 Å². The summed E-state index contributed by atoms with van der Waals surface area (Å²) in [6, 6.07) is 0. The van der Waals surface area contributed by atoms with Crippen molar-refractivity contribution in [2.24, 2.45) is 11.8 Å². The van der Waals surface area contributed by atoms with Gasteiger partial charge >= 0.3 is 0 Å². The molecule has 0 radical (unpaired) electrons. The fraction of sp³-hybridized carbons (Fsp3) is 0.750. The maximum atomic E-state index is 9.17. The summed E-state index contributed by atoms with van der Waals surface area (Å²) in [6.45, 7) is 1.77. The molecule has 0 spiro atoms. The van der Waals surface area contributed by atoms with Gasteiger partial charge in [0.1, 0.15) is 0 Å². The molecular formula is C8H13NO. The zero-order chi connectivity index (χ0) is 6.97. The lowest BCUT2D eigenvalue weighted by Crippen LogP contribution is -2.14. The van der Waals surface area contributed by atoms with E-state index in [-0.39, 0.29) is 0 Å². The van der Waals surface area contributed by atoms with E-state index >= 15 is 0 Å². The van der Waals surface area contributed by atoms with Crippen LogP contribution in [0.3, 0.4) is 0 Å². The molecule has 2 aliphatic rings. The van der Waals surface area contributed by atoms with Gasteiger partial charge < -0.3 is 5.21 Å². The van der Waals surface area contributed by atoms with E-state index in [0.717, 1.165) is 24.9 Å². The van der Waals surface area contributed by atoms with E-state index in [2.05, 4.69) is 12.2 Å². The quantitative estimate of drug-likeness (QED) is 0.511. The van der Waals surface area contributed by atoms with E-state index in [1.54, 1.807) is 0 Å². The van der Waals surface area contributed by atoms with Gasteiger partial charge in [-0.05, 0) is 24.7 Å². The summed E-state index contributed by atoms with van der Waals surface area (Å²) >= 11 is 0. The molecule has 10 heavy (non-hydrogen) atoms. The first kappa shape index (κ1) is 6.38. The van der Waals surface area contributed by atoms with Crippen molar-refractivity contribution in [3.63, 3.8) is 0 Å². The summed E-state index contributed by atoms with van der Waals surface area (Å²) in [5.74, 6) is 1.46. The van der Waals surface area contributed by atoms with E-state index in [1.165, 1.54) is 17.9 Å². The zero-order valence-electron chi connectivity index (χ0n) is 6.03. The van der Waals surface area contributed by atoms with Crippen LogP contribution in [0.25, 0.3) is 0 Å². The van der Waals surface area contributed by atoms with E-state index < -0.39 is 0 Å². The molecule has 0 saturated carbocycles. The highest BCUT2D eigenvalue weighted by Gasteiger charge is 2.31. The van der Waals surface area contributed by atoms with Crippen LogP contribution in [0.4, 0.5) is 0 Å². The lowest BCUT2D eigenvalue weighted by atomic mass is 9.86. The Morgan fingerprint density at radius 2 is 1.60 bits per heavy atom. The number of allylic oxidation sites excluding steroid dienone is 2. The van der Waals surface area contributed by atoms with Crippen LogP contribution in [0.15, 0.2) is 12.2 Å². The molecule has 0 unspecified atom stereocenters. The molecule has 0 bridgehead atoms. The van der Waals surface area contributed by atoms with Crippen LogP contribution in [0.2, 0.25) is 0 Å². The van der Waals surface area contributed by atoms with Gasteiger partial charge in [-0.1, -0.05) is 12.2 Å². The van der Waals surface area contributed by atoms with Crippen molar-refractivity contribution in [3.05, 3.63) is 12.2 Å². The Labute approximate surface area is 61.1 Å². The summed E-state index contributed by atoms with van der Waals surface area (Å²) in [5, 5.41) is 10.6. The monoisotopic (exact) mass is 139 g/mol. The van der Waals surface area contributed by atoms with Gasteiger partial charge in [0.2, 0.25) is 0 Å². The van der Waals surface area contributed by atoms with Crippen molar-refractivity contribution >= 4 is 0 Å². The Hall–Kier alpha value is -0.340. The summed E-state index contributed by atoms with van der Waals surface area (Å²) in [5.41, 5.74) is 0. The maximum absolute atomic E-state index is 9.17. The van der Waals surface area contributed by atoms with Gasteiger partial charge in [-0.15, -0.1) is 0 Å². The van der Waals surface area contributed by atoms with Crippen LogP contribution in [0.5, 0.6) is 0 Å². The first-order valence-electron chi connectivity index (χ1n) is 3.95. The second-order valence-electron chi connectivity index (χ2n) is 3.33. The number of hydrogen-bond donors (Lipinski definition) is 1. The molecule has 2 nitrogen and oxygen atoms in total. The first-order chi connectivity index (χ1) is 4.86. The second kappa shape index (κ2) is 2.36. The molecule has 0 aromatic heterocycles. The molecular weight excluding hydrogens is 126 g/mol. The molecule has 1 fully saturated rings. The standard InChI is InChI=1S/C8H13NO/c10-9-5-7-3-1-2-4-8(7)6-9/h1-2,7-8,10H,3-6H2/t7-,8+. The molecule has 0 amide bonds. The van der Waals surface area contributed by atoms with Gasteiger partial charge in [0.05, 0.1) is 0 Å². The van der Waals surface area contributed by atoms with Crippen LogP contribution in [0, 0.1) is 11.8 Å². The molecule has 2 atom stereocenters. The molecule has 1 saturated heterocycles. The van der Waals surface area contributed by atoms with Crippen LogP contribution >= 0.6 is 0 Å². The normalized spacial score (nSPS) is 40.1. The van der Waals surface area contributed by atoms with Gasteiger partial charge in [-0.2, -0.15) is 5.06 Å². The molecule has 1 N–H and O–H groups in total. The molecule has 1 heterocycles. The third-order valence-electron chi connectivity index (χ3n) is 2.60. The SMILES string of the molecule is ON1C[C@H]2CC=CC[C@H]2C1. The first-order valence-corrected chi connectivity index (χ1v) is 3.95. The van der Waals surface area contributed by atoms with Gasteiger partial charge in [-0.3, -0.25) is 0 Å². The molecule has 1 aliphatic heterocycles. The van der Waals surface area contributed by atoms with E-state index in [0.29, 0.717) is 0 Å². The molecule has 0 aromatic carbocycles. The van der Waals surface area contributed by atoms with Crippen LogP contribution in [-0.2, 0) is 0 Å². The molecule has 56 valence electrons. The topological polar surface area (TPSA) is 23.5 Å². The Morgan fingerprint density at radius 3 is 2.10 bits per heavy atom. The van der Waals surface area contributed by atoms with Crippen molar-refractivity contribution in [2.75, 3.05) is 13.1 Å². The van der Waals surface area contributed by atoms with E-state index in [1.807, 2.05) is 0 Å². The summed E-state index contributed by atoms with van der Waals surface area (Å²) in [4.78, 5) is 0. The largest absolute Gasteiger partial charge is 0.314 e. The zero-order valence-corrected chi connectivity index (χ0v) is 6.03. The average molecular weight is 139 g/mol. The van der Waals surface area contributed by atoms with Crippen molar-refractivity contribution in [1.82, 2.24) is 5.06 Å². The van der Waals surface area contributed by atoms with Gasteiger partial charge in [0.25, 0.3) is 0 Å². The maximum Gasteiger partial charge on any atom is 0.0272 e. The highest BCUT2D eigenvalue weighted by molar-refractivity contribution is 4.98. The Morgan fingerprint density at radius 1 is 1.10 bits per heavy atom. The predicted octanol–water partition coefficient (Wildman–Crippen LogP) is 1.27. The van der Waals surface area contributed by atoms with Crippen molar-refractivity contribution in [1.29, 1.82) is 0 Å². The molecule has 1 aliphatic carbocycles. The number of nitrogens with zero attached hydrogens (tertiary/aromatic N) is 1. The van der Waals surface area contributed by atoms with Crippen molar-refractivity contribution < 1.29 is 5.21 Å². The summed E-state index contributed by atoms with van der Waals surface area (Å²) in [7, 11) is 0.